The van der Waals surface area contributed by atoms with Crippen LogP contribution in [-0.4, -0.2) is 20.4 Å². The third-order valence-corrected chi connectivity index (χ3v) is 4.72. The summed E-state index contributed by atoms with van der Waals surface area (Å²) in [5.41, 5.74) is 3.63. The largest absolute Gasteiger partial charge is 0.482 e. The fourth-order valence-corrected chi connectivity index (χ4v) is 3.37. The number of H-pyrrole nitrogens is 2. The molecular formula is C18H14N4OS2. The van der Waals surface area contributed by atoms with Crippen molar-refractivity contribution < 1.29 is 4.74 Å². The van der Waals surface area contributed by atoms with E-state index in [0.29, 0.717) is 16.3 Å². The zero-order chi connectivity index (χ0) is 17.1. The molecule has 0 saturated carbocycles. The van der Waals surface area contributed by atoms with E-state index in [4.69, 9.17) is 17.0 Å². The number of hydrogen-bond donors (Lipinski definition) is 2. The van der Waals surface area contributed by atoms with Gasteiger partial charge < -0.3 is 4.74 Å². The van der Waals surface area contributed by atoms with E-state index >= 15 is 0 Å². The van der Waals surface area contributed by atoms with Crippen LogP contribution in [0.1, 0.15) is 5.01 Å². The topological polar surface area (TPSA) is 66.6 Å². The Morgan fingerprint density at radius 1 is 0.880 bits per heavy atom. The fraction of sp³-hybridized carbons (Fsp3) is 0.0556. The molecule has 0 aliphatic heterocycles. The third-order valence-electron chi connectivity index (χ3n) is 3.65. The maximum Gasteiger partial charge on any atom is 0.176 e. The lowest BCUT2D eigenvalue weighted by Gasteiger charge is -2.08. The summed E-state index contributed by atoms with van der Waals surface area (Å²) < 4.78 is 6.74. The van der Waals surface area contributed by atoms with Crippen LogP contribution in [-0.2, 0) is 6.61 Å². The molecule has 5 nitrogen and oxygen atoms in total. The van der Waals surface area contributed by atoms with Gasteiger partial charge in [-0.05, 0) is 12.2 Å². The van der Waals surface area contributed by atoms with E-state index in [2.05, 4.69) is 20.4 Å². The predicted molar refractivity (Wildman–Crippen MR) is 101 cm³/mol. The molecule has 4 rings (SSSR count). The molecule has 2 N–H and O–H groups in total. The van der Waals surface area contributed by atoms with Gasteiger partial charge in [-0.15, -0.1) is 0 Å². The smallest absolute Gasteiger partial charge is 0.176 e. The summed E-state index contributed by atoms with van der Waals surface area (Å²) in [7, 11) is 0. The monoisotopic (exact) mass is 366 g/mol. The van der Waals surface area contributed by atoms with Crippen LogP contribution in [0, 0.1) is 3.95 Å². The molecule has 25 heavy (non-hydrogen) atoms. The quantitative estimate of drug-likeness (QED) is 0.496. The number of aromatic amines is 2. The fourth-order valence-electron chi connectivity index (χ4n) is 2.52. The molecule has 0 radical (unpaired) electrons. The first-order chi connectivity index (χ1) is 12.3. The van der Waals surface area contributed by atoms with Gasteiger partial charge in [0, 0.05) is 11.1 Å². The lowest BCUT2D eigenvalue weighted by atomic mass is 10.1. The molecule has 0 aliphatic carbocycles. The minimum Gasteiger partial charge on any atom is -0.482 e. The Kier molecular flexibility index (Phi) is 4.41. The number of nitrogens with one attached hydrogen (secondary N) is 2. The minimum absolute atomic E-state index is 0.330. The Balaban J connectivity index is 1.75. The van der Waals surface area contributed by atoms with Crippen LogP contribution in [0.15, 0.2) is 60.7 Å². The van der Waals surface area contributed by atoms with Crippen LogP contribution in [0.25, 0.3) is 22.5 Å². The molecule has 124 valence electrons. The Morgan fingerprint density at radius 2 is 1.56 bits per heavy atom. The van der Waals surface area contributed by atoms with Crippen LogP contribution in [0.3, 0.4) is 0 Å². The molecule has 0 spiro atoms. The van der Waals surface area contributed by atoms with Crippen LogP contribution < -0.4 is 4.74 Å². The average Bonchev–Trinajstić information content (AvgIpc) is 3.27. The van der Waals surface area contributed by atoms with Gasteiger partial charge in [0.2, 0.25) is 0 Å². The second kappa shape index (κ2) is 7.00. The molecule has 7 heteroatoms. The molecular weight excluding hydrogens is 352 g/mol. The molecule has 0 amide bonds. The first kappa shape index (κ1) is 15.7. The van der Waals surface area contributed by atoms with Gasteiger partial charge >= 0.3 is 0 Å². The van der Waals surface area contributed by atoms with Gasteiger partial charge in [-0.2, -0.15) is 10.2 Å². The summed E-state index contributed by atoms with van der Waals surface area (Å²) in [6.07, 6.45) is 0. The summed E-state index contributed by atoms with van der Waals surface area (Å²) in [5.74, 6) is 0.707. The van der Waals surface area contributed by atoms with Crippen molar-refractivity contribution in [1.29, 1.82) is 0 Å². The lowest BCUT2D eigenvalue weighted by Crippen LogP contribution is -1.97. The molecule has 0 aliphatic rings. The predicted octanol–water partition coefficient (Wildman–Crippen LogP) is 4.84. The van der Waals surface area contributed by atoms with Gasteiger partial charge in [0.25, 0.3) is 0 Å². The molecule has 2 heterocycles. The van der Waals surface area contributed by atoms with Crippen LogP contribution in [0.2, 0.25) is 0 Å². The maximum absolute atomic E-state index is 6.10. The SMILES string of the molecule is S=c1[nH]nc(COc2c(-c3ccccc3)n[nH]c2-c2ccccc2)s1. The summed E-state index contributed by atoms with van der Waals surface area (Å²) in [4.78, 5) is 0. The normalized spacial score (nSPS) is 10.7. The average molecular weight is 366 g/mol. The highest BCUT2D eigenvalue weighted by Crippen LogP contribution is 2.37. The van der Waals surface area contributed by atoms with Gasteiger partial charge in [0.1, 0.15) is 18.0 Å². The first-order valence-corrected chi connectivity index (χ1v) is 8.90. The van der Waals surface area contributed by atoms with E-state index in [1.165, 1.54) is 11.3 Å². The van der Waals surface area contributed by atoms with E-state index in [0.717, 1.165) is 27.5 Å². The second-order valence-corrected chi connectivity index (χ2v) is 7.05. The number of hydrogen-bond acceptors (Lipinski definition) is 5. The Bertz CT molecular complexity index is 965. The van der Waals surface area contributed by atoms with Gasteiger partial charge in [-0.3, -0.25) is 10.2 Å². The van der Waals surface area contributed by atoms with E-state index in [1.807, 2.05) is 60.7 Å². The Hall–Kier alpha value is -2.77. The number of aromatic nitrogens is 4. The van der Waals surface area contributed by atoms with E-state index in [1.54, 1.807) is 0 Å². The summed E-state index contributed by atoms with van der Waals surface area (Å²) >= 11 is 6.48. The summed E-state index contributed by atoms with van der Waals surface area (Å²) in [6.45, 7) is 0.330. The van der Waals surface area contributed by atoms with Crippen molar-refractivity contribution >= 4 is 23.6 Å². The highest BCUT2D eigenvalue weighted by Gasteiger charge is 2.18. The zero-order valence-electron chi connectivity index (χ0n) is 13.1. The molecule has 4 aromatic rings. The van der Waals surface area contributed by atoms with Gasteiger partial charge in [0.15, 0.2) is 14.7 Å². The number of nitrogens with zero attached hydrogens (tertiary/aromatic N) is 2. The first-order valence-electron chi connectivity index (χ1n) is 7.67. The van der Waals surface area contributed by atoms with E-state index < -0.39 is 0 Å². The van der Waals surface area contributed by atoms with E-state index in [9.17, 15) is 0 Å². The highest BCUT2D eigenvalue weighted by atomic mass is 32.1. The standard InChI is InChI=1S/C18H14N4OS2/c24-18-22-19-14(25-18)11-23-17-15(12-7-3-1-4-8-12)20-21-16(17)13-9-5-2-6-10-13/h1-10H,11H2,(H,20,21)(H,22,24). The van der Waals surface area contributed by atoms with Crippen molar-refractivity contribution in [3.8, 4) is 28.3 Å². The molecule has 0 atom stereocenters. The third kappa shape index (κ3) is 3.38. The summed E-state index contributed by atoms with van der Waals surface area (Å²) in [6, 6.07) is 20.0. The summed E-state index contributed by atoms with van der Waals surface area (Å²) in [5, 5.41) is 15.3. The molecule has 2 aromatic heterocycles. The lowest BCUT2D eigenvalue weighted by molar-refractivity contribution is 0.307. The zero-order valence-corrected chi connectivity index (χ0v) is 14.7. The van der Waals surface area contributed by atoms with Crippen molar-refractivity contribution in [3.05, 3.63) is 69.6 Å². The van der Waals surface area contributed by atoms with Crippen molar-refractivity contribution in [1.82, 2.24) is 20.4 Å². The van der Waals surface area contributed by atoms with Crippen molar-refractivity contribution in [3.63, 3.8) is 0 Å². The molecule has 0 saturated heterocycles. The van der Waals surface area contributed by atoms with Crippen LogP contribution in [0.5, 0.6) is 5.75 Å². The van der Waals surface area contributed by atoms with E-state index in [-0.39, 0.29) is 0 Å². The van der Waals surface area contributed by atoms with Gasteiger partial charge in [-0.1, -0.05) is 72.0 Å². The van der Waals surface area contributed by atoms with Crippen molar-refractivity contribution in [2.75, 3.05) is 0 Å². The minimum atomic E-state index is 0.330. The molecule has 0 unspecified atom stereocenters. The number of benzene rings is 2. The van der Waals surface area contributed by atoms with Crippen LogP contribution >= 0.6 is 23.6 Å². The molecule has 0 bridgehead atoms. The Morgan fingerprint density at radius 3 is 2.20 bits per heavy atom. The van der Waals surface area contributed by atoms with Gasteiger partial charge in [-0.25, -0.2) is 0 Å². The highest BCUT2D eigenvalue weighted by molar-refractivity contribution is 7.73. The second-order valence-electron chi connectivity index (χ2n) is 5.30. The Labute approximate surface area is 153 Å². The van der Waals surface area contributed by atoms with Crippen molar-refractivity contribution in [2.24, 2.45) is 0 Å². The van der Waals surface area contributed by atoms with Crippen LogP contribution in [0.4, 0.5) is 0 Å². The van der Waals surface area contributed by atoms with Crippen molar-refractivity contribution in [2.45, 2.75) is 6.61 Å². The number of ether oxygens (including phenoxy) is 1. The number of rotatable bonds is 5. The maximum atomic E-state index is 6.10. The molecule has 2 aromatic carbocycles. The van der Waals surface area contributed by atoms with Gasteiger partial charge in [0.05, 0.1) is 0 Å². The molecule has 0 fully saturated rings.